The normalized spacial score (nSPS) is 11.1. The van der Waals surface area contributed by atoms with Gasteiger partial charge < -0.3 is 20.7 Å². The van der Waals surface area contributed by atoms with E-state index in [0.29, 0.717) is 40.5 Å². The first-order valence-corrected chi connectivity index (χ1v) is 9.01. The first kappa shape index (κ1) is 20.9. The molecule has 0 atom stereocenters. The van der Waals surface area contributed by atoms with Crippen molar-refractivity contribution in [2.75, 3.05) is 19.5 Å². The minimum atomic E-state index is -0.157. The van der Waals surface area contributed by atoms with Crippen LogP contribution in [0, 0.1) is 0 Å². The molecule has 0 saturated heterocycles. The van der Waals surface area contributed by atoms with E-state index in [9.17, 15) is 4.79 Å². The van der Waals surface area contributed by atoms with E-state index in [4.69, 9.17) is 27.9 Å². The minimum Gasteiger partial charge on any atom is -0.495 e. The van der Waals surface area contributed by atoms with Crippen molar-refractivity contribution >= 4 is 40.8 Å². The quantitative estimate of drug-likeness (QED) is 0.501. The maximum atomic E-state index is 11.3. The van der Waals surface area contributed by atoms with Gasteiger partial charge in [0.15, 0.2) is 5.96 Å². The number of carbonyl (C=O) groups excluding carboxylic acids is 1. The second-order valence-electron chi connectivity index (χ2n) is 5.73. The molecule has 144 valence electrons. The molecule has 0 aliphatic heterocycles. The molecule has 3 N–H and O–H groups in total. The lowest BCUT2D eigenvalue weighted by atomic mass is 10.2. The maximum Gasteiger partial charge on any atom is 0.221 e. The van der Waals surface area contributed by atoms with Crippen LogP contribution in [-0.2, 0) is 17.9 Å². The third-order valence-corrected chi connectivity index (χ3v) is 4.31. The van der Waals surface area contributed by atoms with E-state index in [-0.39, 0.29) is 5.91 Å². The lowest BCUT2D eigenvalue weighted by Crippen LogP contribution is -2.36. The molecule has 6 nitrogen and oxygen atoms in total. The molecule has 0 aliphatic carbocycles. The number of rotatable bonds is 6. The third kappa shape index (κ3) is 6.34. The summed E-state index contributed by atoms with van der Waals surface area (Å²) in [5, 5.41) is 10.4. The number of halogens is 2. The highest BCUT2D eigenvalue weighted by molar-refractivity contribution is 6.35. The molecule has 0 saturated carbocycles. The Balaban J connectivity index is 1.98. The SMILES string of the molecule is CN=C(NCc1ccc(OC)c(NC(C)=O)c1)NCc1ccc(Cl)cc1Cl. The molecule has 0 radical (unpaired) electrons. The van der Waals surface area contributed by atoms with E-state index in [1.165, 1.54) is 6.92 Å². The number of aliphatic imine (C=N–C) groups is 1. The van der Waals surface area contributed by atoms with Crippen molar-refractivity contribution in [2.24, 2.45) is 4.99 Å². The van der Waals surface area contributed by atoms with Crippen LogP contribution in [0.2, 0.25) is 10.0 Å². The Labute approximate surface area is 168 Å². The summed E-state index contributed by atoms with van der Waals surface area (Å²) in [5.41, 5.74) is 2.51. The third-order valence-electron chi connectivity index (χ3n) is 3.72. The van der Waals surface area contributed by atoms with Gasteiger partial charge in [-0.15, -0.1) is 0 Å². The molecule has 1 amide bonds. The lowest BCUT2D eigenvalue weighted by molar-refractivity contribution is -0.114. The van der Waals surface area contributed by atoms with E-state index < -0.39 is 0 Å². The molecule has 2 aromatic carbocycles. The zero-order valence-corrected chi connectivity index (χ0v) is 16.9. The highest BCUT2D eigenvalue weighted by atomic mass is 35.5. The Morgan fingerprint density at radius 2 is 1.85 bits per heavy atom. The largest absolute Gasteiger partial charge is 0.495 e. The molecule has 0 bridgehead atoms. The van der Waals surface area contributed by atoms with Gasteiger partial charge in [0.2, 0.25) is 5.91 Å². The van der Waals surface area contributed by atoms with E-state index >= 15 is 0 Å². The van der Waals surface area contributed by atoms with E-state index in [0.717, 1.165) is 11.1 Å². The van der Waals surface area contributed by atoms with Crippen LogP contribution in [0.25, 0.3) is 0 Å². The number of amides is 1. The fourth-order valence-electron chi connectivity index (χ4n) is 2.40. The molecule has 2 aromatic rings. The maximum absolute atomic E-state index is 11.3. The fourth-order valence-corrected chi connectivity index (χ4v) is 2.88. The Kier molecular flexibility index (Phi) is 7.76. The van der Waals surface area contributed by atoms with Crippen molar-refractivity contribution in [3.05, 3.63) is 57.6 Å². The molecule has 0 heterocycles. The summed E-state index contributed by atoms with van der Waals surface area (Å²) in [6, 6.07) is 11.0. The number of nitrogens with zero attached hydrogens (tertiary/aromatic N) is 1. The van der Waals surface area contributed by atoms with Crippen LogP contribution < -0.4 is 20.7 Å². The summed E-state index contributed by atoms with van der Waals surface area (Å²) in [4.78, 5) is 15.5. The Bertz CT molecular complexity index is 840. The first-order chi connectivity index (χ1) is 12.9. The predicted octanol–water partition coefficient (Wildman–Crippen LogP) is 3.83. The van der Waals surface area contributed by atoms with Crippen LogP contribution in [0.4, 0.5) is 5.69 Å². The van der Waals surface area contributed by atoms with Gasteiger partial charge in [0.25, 0.3) is 0 Å². The summed E-state index contributed by atoms with van der Waals surface area (Å²) in [6.45, 7) is 2.48. The number of carbonyl (C=O) groups is 1. The van der Waals surface area contributed by atoms with Gasteiger partial charge in [-0.1, -0.05) is 35.3 Å². The molecule has 8 heteroatoms. The summed E-state index contributed by atoms with van der Waals surface area (Å²) >= 11 is 12.1. The average Bonchev–Trinajstić information content (AvgIpc) is 2.63. The fraction of sp³-hybridized carbons (Fsp3) is 0.263. The van der Waals surface area contributed by atoms with E-state index in [1.807, 2.05) is 24.3 Å². The van der Waals surface area contributed by atoms with Gasteiger partial charge in [-0.2, -0.15) is 0 Å². The Hall–Kier alpha value is -2.44. The zero-order chi connectivity index (χ0) is 19.8. The summed E-state index contributed by atoms with van der Waals surface area (Å²) < 4.78 is 5.26. The second kappa shape index (κ2) is 10.0. The molecule has 0 aliphatic rings. The van der Waals surface area contributed by atoms with Crippen LogP contribution in [0.15, 0.2) is 41.4 Å². The minimum absolute atomic E-state index is 0.157. The van der Waals surface area contributed by atoms with Gasteiger partial charge in [-0.05, 0) is 35.4 Å². The molecular formula is C19H22Cl2N4O2. The van der Waals surface area contributed by atoms with Gasteiger partial charge in [-0.25, -0.2) is 0 Å². The average molecular weight is 409 g/mol. The van der Waals surface area contributed by atoms with Crippen molar-refractivity contribution in [3.8, 4) is 5.75 Å². The molecule has 2 rings (SSSR count). The highest BCUT2D eigenvalue weighted by Crippen LogP contribution is 2.25. The standard InChI is InChI=1S/C19H22Cl2N4O2/c1-12(26)25-17-8-13(4-7-18(17)27-3)10-23-19(22-2)24-11-14-5-6-15(20)9-16(14)21/h4-9H,10-11H2,1-3H3,(H,25,26)(H2,22,23,24). The summed E-state index contributed by atoms with van der Waals surface area (Å²) in [5.74, 6) is 1.07. The van der Waals surface area contributed by atoms with Crippen LogP contribution in [-0.4, -0.2) is 26.0 Å². The van der Waals surface area contributed by atoms with Gasteiger partial charge in [0, 0.05) is 37.1 Å². The molecule has 0 spiro atoms. The Morgan fingerprint density at radius 3 is 2.48 bits per heavy atom. The topological polar surface area (TPSA) is 74.8 Å². The van der Waals surface area contributed by atoms with Crippen molar-refractivity contribution in [3.63, 3.8) is 0 Å². The number of benzene rings is 2. The van der Waals surface area contributed by atoms with Crippen LogP contribution in [0.3, 0.4) is 0 Å². The molecular weight excluding hydrogens is 387 g/mol. The van der Waals surface area contributed by atoms with Gasteiger partial charge >= 0.3 is 0 Å². The lowest BCUT2D eigenvalue weighted by Gasteiger charge is -2.14. The molecule has 0 fully saturated rings. The van der Waals surface area contributed by atoms with Crippen LogP contribution >= 0.6 is 23.2 Å². The van der Waals surface area contributed by atoms with Crippen molar-refractivity contribution in [1.29, 1.82) is 0 Å². The monoisotopic (exact) mass is 408 g/mol. The zero-order valence-electron chi connectivity index (χ0n) is 15.4. The predicted molar refractivity (Wildman–Crippen MR) is 111 cm³/mol. The van der Waals surface area contributed by atoms with Gasteiger partial charge in [0.05, 0.1) is 12.8 Å². The second-order valence-corrected chi connectivity index (χ2v) is 6.57. The molecule has 0 aromatic heterocycles. The molecule has 27 heavy (non-hydrogen) atoms. The van der Waals surface area contributed by atoms with Crippen LogP contribution in [0.5, 0.6) is 5.75 Å². The van der Waals surface area contributed by atoms with E-state index in [2.05, 4.69) is 20.9 Å². The Morgan fingerprint density at radius 1 is 1.11 bits per heavy atom. The first-order valence-electron chi connectivity index (χ1n) is 8.26. The number of anilines is 1. The number of hydrogen-bond donors (Lipinski definition) is 3. The van der Waals surface area contributed by atoms with Crippen LogP contribution in [0.1, 0.15) is 18.1 Å². The number of guanidine groups is 1. The van der Waals surface area contributed by atoms with Crippen molar-refractivity contribution in [1.82, 2.24) is 10.6 Å². The van der Waals surface area contributed by atoms with Crippen molar-refractivity contribution in [2.45, 2.75) is 20.0 Å². The van der Waals surface area contributed by atoms with Gasteiger partial charge in [-0.3, -0.25) is 9.79 Å². The molecule has 0 unspecified atom stereocenters. The number of methoxy groups -OCH3 is 1. The smallest absolute Gasteiger partial charge is 0.221 e. The number of hydrogen-bond acceptors (Lipinski definition) is 3. The number of ether oxygens (including phenoxy) is 1. The van der Waals surface area contributed by atoms with Gasteiger partial charge in [0.1, 0.15) is 5.75 Å². The van der Waals surface area contributed by atoms with E-state index in [1.54, 1.807) is 26.3 Å². The summed E-state index contributed by atoms with van der Waals surface area (Å²) in [7, 11) is 3.25. The number of nitrogens with one attached hydrogen (secondary N) is 3. The summed E-state index contributed by atoms with van der Waals surface area (Å²) in [6.07, 6.45) is 0. The highest BCUT2D eigenvalue weighted by Gasteiger charge is 2.07. The van der Waals surface area contributed by atoms with Crippen molar-refractivity contribution < 1.29 is 9.53 Å².